The van der Waals surface area contributed by atoms with Gasteiger partial charge in [-0.15, -0.1) is 0 Å². The third kappa shape index (κ3) is 1.86. The molecule has 0 bridgehead atoms. The van der Waals surface area contributed by atoms with Crippen molar-refractivity contribution in [3.8, 4) is 0 Å². The van der Waals surface area contributed by atoms with E-state index in [1.54, 1.807) is 6.07 Å². The molecule has 1 aliphatic heterocycles. The smallest absolute Gasteiger partial charge is 0.214 e. The van der Waals surface area contributed by atoms with Crippen LogP contribution in [0.15, 0.2) is 18.2 Å². The minimum atomic E-state index is -0.387. The van der Waals surface area contributed by atoms with Crippen molar-refractivity contribution in [2.75, 3.05) is 18.0 Å². The zero-order chi connectivity index (χ0) is 9.97. The summed E-state index contributed by atoms with van der Waals surface area (Å²) in [5.74, 6) is 1.14. The molecule has 1 fully saturated rings. The number of nitrogens with zero attached hydrogens (tertiary/aromatic N) is 2. The molecule has 0 aliphatic carbocycles. The second kappa shape index (κ2) is 3.95. The molecule has 1 aromatic heterocycles. The molecule has 1 aliphatic rings. The molecule has 0 amide bonds. The molecular formula is C11H15FN2. The number of hydrogen-bond acceptors (Lipinski definition) is 2. The quantitative estimate of drug-likeness (QED) is 0.672. The van der Waals surface area contributed by atoms with Gasteiger partial charge in [0.15, 0.2) is 0 Å². The van der Waals surface area contributed by atoms with E-state index in [1.165, 1.54) is 18.9 Å². The Morgan fingerprint density at radius 3 is 3.07 bits per heavy atom. The van der Waals surface area contributed by atoms with Gasteiger partial charge in [0.1, 0.15) is 5.82 Å². The Bertz CT molecular complexity index is 314. The maximum absolute atomic E-state index is 12.9. The van der Waals surface area contributed by atoms with Gasteiger partial charge in [0, 0.05) is 13.1 Å². The molecule has 1 unspecified atom stereocenters. The van der Waals surface area contributed by atoms with Gasteiger partial charge >= 0.3 is 0 Å². The largest absolute Gasteiger partial charge is 0.356 e. The van der Waals surface area contributed by atoms with Crippen molar-refractivity contribution in [3.05, 3.63) is 24.1 Å². The predicted octanol–water partition coefficient (Wildman–Crippen LogP) is 2.46. The summed E-state index contributed by atoms with van der Waals surface area (Å²) in [7, 11) is 0. The zero-order valence-electron chi connectivity index (χ0n) is 8.41. The molecule has 2 nitrogen and oxygen atoms in total. The van der Waals surface area contributed by atoms with Gasteiger partial charge in [-0.3, -0.25) is 0 Å². The minimum Gasteiger partial charge on any atom is -0.356 e. The van der Waals surface area contributed by atoms with Crippen molar-refractivity contribution in [1.82, 2.24) is 4.98 Å². The first kappa shape index (κ1) is 9.44. The Balaban J connectivity index is 2.09. The number of aromatic nitrogens is 1. The van der Waals surface area contributed by atoms with Gasteiger partial charge < -0.3 is 4.90 Å². The summed E-state index contributed by atoms with van der Waals surface area (Å²) in [6, 6.07) is 4.98. The monoisotopic (exact) mass is 194 g/mol. The Kier molecular flexibility index (Phi) is 2.66. The van der Waals surface area contributed by atoms with E-state index in [0.717, 1.165) is 24.8 Å². The Labute approximate surface area is 83.8 Å². The van der Waals surface area contributed by atoms with Crippen molar-refractivity contribution >= 4 is 5.82 Å². The van der Waals surface area contributed by atoms with Crippen LogP contribution in [0.5, 0.6) is 0 Å². The van der Waals surface area contributed by atoms with Crippen LogP contribution in [0, 0.1) is 11.9 Å². The lowest BCUT2D eigenvalue weighted by molar-refractivity contribution is 0.565. The highest BCUT2D eigenvalue weighted by Gasteiger charge is 2.21. The van der Waals surface area contributed by atoms with E-state index in [4.69, 9.17) is 0 Å². The van der Waals surface area contributed by atoms with Crippen LogP contribution in [0.4, 0.5) is 10.2 Å². The molecule has 0 spiro atoms. The van der Waals surface area contributed by atoms with E-state index >= 15 is 0 Å². The van der Waals surface area contributed by atoms with Crippen molar-refractivity contribution in [2.24, 2.45) is 5.92 Å². The molecule has 0 radical (unpaired) electrons. The molecule has 1 atom stereocenters. The van der Waals surface area contributed by atoms with Crippen LogP contribution in [-0.4, -0.2) is 18.1 Å². The first-order chi connectivity index (χ1) is 6.79. The summed E-state index contributed by atoms with van der Waals surface area (Å²) in [5, 5.41) is 0. The molecule has 0 saturated carbocycles. The number of halogens is 1. The summed E-state index contributed by atoms with van der Waals surface area (Å²) in [4.78, 5) is 6.05. The first-order valence-electron chi connectivity index (χ1n) is 5.17. The molecule has 76 valence electrons. The van der Waals surface area contributed by atoms with Crippen molar-refractivity contribution in [2.45, 2.75) is 19.8 Å². The normalized spacial score (nSPS) is 21.6. The van der Waals surface area contributed by atoms with Gasteiger partial charge in [-0.2, -0.15) is 4.39 Å². The Morgan fingerprint density at radius 1 is 1.57 bits per heavy atom. The molecular weight excluding hydrogens is 179 g/mol. The maximum atomic E-state index is 12.9. The van der Waals surface area contributed by atoms with E-state index in [1.807, 2.05) is 6.07 Å². The van der Waals surface area contributed by atoms with Crippen molar-refractivity contribution < 1.29 is 4.39 Å². The van der Waals surface area contributed by atoms with Crippen LogP contribution >= 0.6 is 0 Å². The van der Waals surface area contributed by atoms with E-state index in [9.17, 15) is 4.39 Å². The lowest BCUT2D eigenvalue weighted by atomic mass is 10.1. The third-order valence-electron chi connectivity index (χ3n) is 2.89. The second-order valence-corrected chi connectivity index (χ2v) is 3.83. The Hall–Kier alpha value is -1.12. The molecule has 2 rings (SSSR count). The van der Waals surface area contributed by atoms with Gasteiger partial charge in [0.2, 0.25) is 5.95 Å². The van der Waals surface area contributed by atoms with Gasteiger partial charge in [-0.05, 0) is 24.5 Å². The highest BCUT2D eigenvalue weighted by Crippen LogP contribution is 2.23. The maximum Gasteiger partial charge on any atom is 0.214 e. The number of anilines is 1. The van der Waals surface area contributed by atoms with Gasteiger partial charge in [0.05, 0.1) is 0 Å². The van der Waals surface area contributed by atoms with E-state index < -0.39 is 0 Å². The van der Waals surface area contributed by atoms with Crippen LogP contribution in [0.1, 0.15) is 19.8 Å². The summed E-state index contributed by atoms with van der Waals surface area (Å²) >= 11 is 0. The predicted molar refractivity (Wildman–Crippen MR) is 54.8 cm³/mol. The third-order valence-corrected chi connectivity index (χ3v) is 2.89. The van der Waals surface area contributed by atoms with Crippen LogP contribution < -0.4 is 4.90 Å². The average molecular weight is 194 g/mol. The topological polar surface area (TPSA) is 16.1 Å². The fraction of sp³-hybridized carbons (Fsp3) is 0.545. The fourth-order valence-electron chi connectivity index (χ4n) is 1.95. The molecule has 3 heteroatoms. The van der Waals surface area contributed by atoms with Gasteiger partial charge in [0.25, 0.3) is 0 Å². The molecule has 2 heterocycles. The lowest BCUT2D eigenvalue weighted by Crippen LogP contribution is -2.20. The molecule has 0 aromatic carbocycles. The second-order valence-electron chi connectivity index (χ2n) is 3.83. The van der Waals surface area contributed by atoms with Gasteiger partial charge in [-0.1, -0.05) is 19.4 Å². The lowest BCUT2D eigenvalue weighted by Gasteiger charge is -2.16. The number of rotatable bonds is 2. The molecule has 1 aromatic rings. The standard InChI is InChI=1S/C11H15FN2/c1-2-9-6-7-14(8-9)11-5-3-4-10(12)13-11/h3-5,9H,2,6-8H2,1H3. The van der Waals surface area contributed by atoms with Crippen molar-refractivity contribution in [3.63, 3.8) is 0 Å². The minimum absolute atomic E-state index is 0.387. The van der Waals surface area contributed by atoms with Crippen LogP contribution in [0.3, 0.4) is 0 Å². The fourth-order valence-corrected chi connectivity index (χ4v) is 1.95. The zero-order valence-corrected chi connectivity index (χ0v) is 8.41. The van der Waals surface area contributed by atoms with Crippen molar-refractivity contribution in [1.29, 1.82) is 0 Å². The summed E-state index contributed by atoms with van der Waals surface area (Å²) < 4.78 is 12.9. The van der Waals surface area contributed by atoms with Gasteiger partial charge in [-0.25, -0.2) is 4.98 Å². The summed E-state index contributed by atoms with van der Waals surface area (Å²) in [5.41, 5.74) is 0. The highest BCUT2D eigenvalue weighted by molar-refractivity contribution is 5.39. The molecule has 0 N–H and O–H groups in total. The molecule has 14 heavy (non-hydrogen) atoms. The number of pyridine rings is 1. The summed E-state index contributed by atoms with van der Waals surface area (Å²) in [6.07, 6.45) is 2.40. The van der Waals surface area contributed by atoms with E-state index in [2.05, 4.69) is 16.8 Å². The van der Waals surface area contributed by atoms with E-state index in [-0.39, 0.29) is 5.95 Å². The average Bonchev–Trinajstić information content (AvgIpc) is 2.66. The summed E-state index contributed by atoms with van der Waals surface area (Å²) in [6.45, 7) is 4.23. The van der Waals surface area contributed by atoms with E-state index in [0.29, 0.717) is 0 Å². The van der Waals surface area contributed by atoms with Crippen LogP contribution in [-0.2, 0) is 0 Å². The first-order valence-corrected chi connectivity index (χ1v) is 5.17. The highest BCUT2D eigenvalue weighted by atomic mass is 19.1. The Morgan fingerprint density at radius 2 is 2.43 bits per heavy atom. The SMILES string of the molecule is CCC1CCN(c2cccc(F)n2)C1. The molecule has 1 saturated heterocycles. The van der Waals surface area contributed by atoms with Crippen LogP contribution in [0.25, 0.3) is 0 Å². The number of hydrogen-bond donors (Lipinski definition) is 0. The van der Waals surface area contributed by atoms with Crippen LogP contribution in [0.2, 0.25) is 0 Å².